The van der Waals surface area contributed by atoms with Crippen LogP contribution in [0.1, 0.15) is 5.56 Å². The summed E-state index contributed by atoms with van der Waals surface area (Å²) in [5.41, 5.74) is 2.63. The van der Waals surface area contributed by atoms with Gasteiger partial charge in [-0.1, -0.05) is 18.2 Å². The quantitative estimate of drug-likeness (QED) is 0.750. The molecule has 0 fully saturated rings. The second-order valence-corrected chi connectivity index (χ2v) is 3.64. The predicted octanol–water partition coefficient (Wildman–Crippen LogP) is 2.55. The Balaban J connectivity index is 2.52. The number of benzene rings is 1. The topological polar surface area (TPSA) is 17.0 Å². The highest BCUT2D eigenvalue weighted by atomic mass is 14.9. The third-order valence-corrected chi connectivity index (χ3v) is 2.60. The molecule has 0 saturated carbocycles. The number of allylic oxidation sites excluding steroid dienone is 1. The van der Waals surface area contributed by atoms with Crippen molar-refractivity contribution in [2.24, 2.45) is 0 Å². The van der Waals surface area contributed by atoms with Crippen LogP contribution in [-0.4, -0.2) is 11.6 Å². The van der Waals surface area contributed by atoms with Crippen molar-refractivity contribution in [2.75, 3.05) is 7.05 Å². The first-order chi connectivity index (χ1) is 7.36. The number of nitrogens with zero attached hydrogens (tertiary/aromatic N) is 1. The average Bonchev–Trinajstić information content (AvgIpc) is 2.64. The Morgan fingerprint density at radius 3 is 3.00 bits per heavy atom. The van der Waals surface area contributed by atoms with E-state index in [0.29, 0.717) is 0 Å². The van der Waals surface area contributed by atoms with Crippen LogP contribution in [0.4, 0.5) is 0 Å². The van der Waals surface area contributed by atoms with Crippen LogP contribution in [0.25, 0.3) is 10.9 Å². The third-order valence-electron chi connectivity index (χ3n) is 2.60. The summed E-state index contributed by atoms with van der Waals surface area (Å²) in [5, 5.41) is 4.52. The van der Waals surface area contributed by atoms with E-state index in [1.807, 2.05) is 13.1 Å². The molecule has 0 radical (unpaired) electrons. The Kier molecular flexibility index (Phi) is 2.88. The fourth-order valence-electron chi connectivity index (χ4n) is 1.93. The van der Waals surface area contributed by atoms with Crippen LogP contribution in [0.3, 0.4) is 0 Å². The van der Waals surface area contributed by atoms with E-state index in [1.54, 1.807) is 0 Å². The summed E-state index contributed by atoms with van der Waals surface area (Å²) in [5.74, 6) is 0. The van der Waals surface area contributed by atoms with Gasteiger partial charge in [0.1, 0.15) is 0 Å². The highest BCUT2D eigenvalue weighted by Gasteiger charge is 2.03. The normalized spacial score (nSPS) is 10.7. The molecule has 0 unspecified atom stereocenters. The van der Waals surface area contributed by atoms with E-state index in [9.17, 15) is 0 Å². The number of aromatic nitrogens is 1. The van der Waals surface area contributed by atoms with Gasteiger partial charge in [-0.05, 0) is 24.7 Å². The van der Waals surface area contributed by atoms with Gasteiger partial charge in [0.05, 0.1) is 0 Å². The zero-order chi connectivity index (χ0) is 10.7. The summed E-state index contributed by atoms with van der Waals surface area (Å²) in [6.45, 7) is 5.55. The van der Waals surface area contributed by atoms with Crippen LogP contribution in [-0.2, 0) is 13.1 Å². The molecular weight excluding hydrogens is 184 g/mol. The van der Waals surface area contributed by atoms with E-state index >= 15 is 0 Å². The molecule has 2 rings (SSSR count). The maximum absolute atomic E-state index is 3.77. The van der Waals surface area contributed by atoms with Crippen molar-refractivity contribution in [3.8, 4) is 0 Å². The van der Waals surface area contributed by atoms with Crippen molar-refractivity contribution >= 4 is 10.9 Å². The maximum Gasteiger partial charge on any atom is 0.0486 e. The van der Waals surface area contributed by atoms with Crippen LogP contribution in [0.5, 0.6) is 0 Å². The molecule has 0 atom stereocenters. The molecule has 1 N–H and O–H groups in total. The van der Waals surface area contributed by atoms with E-state index in [-0.39, 0.29) is 0 Å². The van der Waals surface area contributed by atoms with Crippen LogP contribution in [0.2, 0.25) is 0 Å². The Morgan fingerprint density at radius 1 is 1.40 bits per heavy atom. The van der Waals surface area contributed by atoms with Gasteiger partial charge in [-0.2, -0.15) is 0 Å². The summed E-state index contributed by atoms with van der Waals surface area (Å²) in [6, 6.07) is 8.59. The number of fused-ring (bicyclic) bond motifs is 1. The smallest absolute Gasteiger partial charge is 0.0486 e. The number of hydrogen-bond donors (Lipinski definition) is 1. The van der Waals surface area contributed by atoms with Gasteiger partial charge in [-0.25, -0.2) is 0 Å². The fourth-order valence-corrected chi connectivity index (χ4v) is 1.93. The van der Waals surface area contributed by atoms with Crippen molar-refractivity contribution in [1.29, 1.82) is 0 Å². The molecule has 0 saturated heterocycles. The van der Waals surface area contributed by atoms with Crippen LogP contribution in [0, 0.1) is 0 Å². The van der Waals surface area contributed by atoms with Gasteiger partial charge >= 0.3 is 0 Å². The maximum atomic E-state index is 3.77. The lowest BCUT2D eigenvalue weighted by atomic mass is 10.1. The average molecular weight is 200 g/mol. The molecule has 0 bridgehead atoms. The summed E-state index contributed by atoms with van der Waals surface area (Å²) in [6.07, 6.45) is 4.04. The molecule has 2 nitrogen and oxygen atoms in total. The molecule has 1 heterocycles. The predicted molar refractivity (Wildman–Crippen MR) is 64.9 cm³/mol. The SMILES string of the molecule is C=CCn1ccc2c(CNC)cccc21. The van der Waals surface area contributed by atoms with Crippen LogP contribution >= 0.6 is 0 Å². The molecule has 0 aliphatic carbocycles. The molecule has 0 spiro atoms. The highest BCUT2D eigenvalue weighted by Crippen LogP contribution is 2.20. The molecule has 0 aliphatic heterocycles. The minimum Gasteiger partial charge on any atom is -0.344 e. The molecule has 1 aromatic carbocycles. The summed E-state index contributed by atoms with van der Waals surface area (Å²) in [7, 11) is 1.97. The molecule has 15 heavy (non-hydrogen) atoms. The Bertz CT molecular complexity index is 468. The first kappa shape index (κ1) is 9.99. The fraction of sp³-hybridized carbons (Fsp3) is 0.231. The number of nitrogens with one attached hydrogen (secondary N) is 1. The first-order valence-corrected chi connectivity index (χ1v) is 5.19. The van der Waals surface area contributed by atoms with E-state index < -0.39 is 0 Å². The van der Waals surface area contributed by atoms with Gasteiger partial charge in [-0.3, -0.25) is 0 Å². The van der Waals surface area contributed by atoms with Crippen molar-refractivity contribution in [3.63, 3.8) is 0 Å². The minimum atomic E-state index is 0.868. The molecular formula is C13H16N2. The lowest BCUT2D eigenvalue weighted by Crippen LogP contribution is -2.05. The first-order valence-electron chi connectivity index (χ1n) is 5.19. The van der Waals surface area contributed by atoms with Gasteiger partial charge in [-0.15, -0.1) is 6.58 Å². The summed E-state index contributed by atoms with van der Waals surface area (Å²) in [4.78, 5) is 0. The number of hydrogen-bond acceptors (Lipinski definition) is 1. The monoisotopic (exact) mass is 200 g/mol. The van der Waals surface area contributed by atoms with Gasteiger partial charge in [0.15, 0.2) is 0 Å². The standard InChI is InChI=1S/C13H16N2/c1-3-8-15-9-7-12-11(10-14-2)5-4-6-13(12)15/h3-7,9,14H,1,8,10H2,2H3. The van der Waals surface area contributed by atoms with Crippen molar-refractivity contribution in [3.05, 3.63) is 48.7 Å². The zero-order valence-electron chi connectivity index (χ0n) is 9.03. The Labute approximate surface area is 90.2 Å². The van der Waals surface area contributed by atoms with Crippen LogP contribution in [0.15, 0.2) is 43.1 Å². The third kappa shape index (κ3) is 1.81. The number of rotatable bonds is 4. The molecule has 2 heteroatoms. The molecule has 1 aromatic heterocycles. The molecule has 0 aliphatic rings. The van der Waals surface area contributed by atoms with E-state index in [0.717, 1.165) is 13.1 Å². The van der Waals surface area contributed by atoms with Crippen molar-refractivity contribution < 1.29 is 0 Å². The molecule has 2 aromatic rings. The molecule has 78 valence electrons. The molecule has 0 amide bonds. The zero-order valence-corrected chi connectivity index (χ0v) is 9.03. The summed E-state index contributed by atoms with van der Waals surface area (Å²) < 4.78 is 2.21. The van der Waals surface area contributed by atoms with E-state index in [1.165, 1.54) is 16.5 Å². The Morgan fingerprint density at radius 2 is 2.27 bits per heavy atom. The van der Waals surface area contributed by atoms with E-state index in [4.69, 9.17) is 0 Å². The van der Waals surface area contributed by atoms with Gasteiger partial charge < -0.3 is 9.88 Å². The van der Waals surface area contributed by atoms with Gasteiger partial charge in [0, 0.05) is 30.2 Å². The largest absolute Gasteiger partial charge is 0.344 e. The minimum absolute atomic E-state index is 0.868. The lowest BCUT2D eigenvalue weighted by molar-refractivity contribution is 0.823. The second-order valence-electron chi connectivity index (χ2n) is 3.64. The van der Waals surface area contributed by atoms with E-state index in [2.05, 4.69) is 46.9 Å². The van der Waals surface area contributed by atoms with Crippen molar-refractivity contribution in [1.82, 2.24) is 9.88 Å². The summed E-state index contributed by atoms with van der Waals surface area (Å²) >= 11 is 0. The second kappa shape index (κ2) is 4.32. The van der Waals surface area contributed by atoms with Gasteiger partial charge in [0.25, 0.3) is 0 Å². The van der Waals surface area contributed by atoms with Crippen LogP contribution < -0.4 is 5.32 Å². The Hall–Kier alpha value is -1.54. The highest BCUT2D eigenvalue weighted by molar-refractivity contribution is 5.83. The van der Waals surface area contributed by atoms with Crippen molar-refractivity contribution in [2.45, 2.75) is 13.1 Å². The lowest BCUT2D eigenvalue weighted by Gasteiger charge is -2.04. The van der Waals surface area contributed by atoms with Gasteiger partial charge in [0.2, 0.25) is 0 Å².